The number of Topliss-reactive ketones (excluding diaryl/α,β-unsaturated/α-hetero) is 1. The van der Waals surface area contributed by atoms with Gasteiger partial charge in [0.05, 0.1) is 19.8 Å². The number of carbonyl (C=O) groups is 2. The normalized spacial score (nSPS) is 13.8. The second-order valence-corrected chi connectivity index (χ2v) is 5.97. The van der Waals surface area contributed by atoms with Crippen molar-refractivity contribution in [2.75, 3.05) is 28.3 Å². The highest BCUT2D eigenvalue weighted by molar-refractivity contribution is 6.14. The van der Waals surface area contributed by atoms with E-state index in [4.69, 9.17) is 18.9 Å². The zero-order valence-electron chi connectivity index (χ0n) is 15.4. The van der Waals surface area contributed by atoms with Gasteiger partial charge in [0, 0.05) is 20.2 Å². The van der Waals surface area contributed by atoms with Crippen molar-refractivity contribution in [3.05, 3.63) is 53.3 Å². The van der Waals surface area contributed by atoms with E-state index in [1.54, 1.807) is 64.7 Å². The van der Waals surface area contributed by atoms with Crippen LogP contribution in [0.2, 0.25) is 0 Å². The van der Waals surface area contributed by atoms with Crippen molar-refractivity contribution in [1.82, 2.24) is 4.90 Å². The molecule has 140 valence electrons. The summed E-state index contributed by atoms with van der Waals surface area (Å²) < 4.78 is 21.3. The predicted molar refractivity (Wildman–Crippen MR) is 98.6 cm³/mol. The summed E-state index contributed by atoms with van der Waals surface area (Å²) in [7, 11) is 6.26. The number of benzene rings is 2. The second-order valence-electron chi connectivity index (χ2n) is 5.97. The summed E-state index contributed by atoms with van der Waals surface area (Å²) in [6, 6.07) is 9.93. The molecule has 0 atom stereocenters. The molecular weight excluding hydrogens is 350 g/mol. The molecule has 0 bridgehead atoms. The van der Waals surface area contributed by atoms with Crippen molar-refractivity contribution in [2.24, 2.45) is 0 Å². The highest BCUT2D eigenvalue weighted by Gasteiger charge is 2.28. The van der Waals surface area contributed by atoms with E-state index in [0.717, 1.165) is 5.56 Å². The third kappa shape index (κ3) is 3.72. The molecule has 1 aliphatic heterocycles. The average molecular weight is 369 g/mol. The minimum absolute atomic E-state index is 0.174. The lowest BCUT2D eigenvalue weighted by atomic mass is 10.1. The van der Waals surface area contributed by atoms with Crippen molar-refractivity contribution >= 4 is 18.0 Å². The number of hydrogen-bond donors (Lipinski definition) is 0. The molecule has 0 spiro atoms. The lowest BCUT2D eigenvalue weighted by Gasteiger charge is -2.10. The quantitative estimate of drug-likeness (QED) is 0.769. The summed E-state index contributed by atoms with van der Waals surface area (Å²) in [6.45, 7) is 0. The Labute approximate surface area is 156 Å². The SMILES string of the molecule is COc1ccc(/C=C2\Oc3cc(OC(=O)N(C)C)ccc3C2=O)cc1OC. The maximum absolute atomic E-state index is 12.6. The van der Waals surface area contributed by atoms with E-state index in [0.29, 0.717) is 28.6 Å². The molecule has 0 fully saturated rings. The van der Waals surface area contributed by atoms with Crippen molar-refractivity contribution < 1.29 is 28.5 Å². The fourth-order valence-electron chi connectivity index (χ4n) is 2.52. The van der Waals surface area contributed by atoms with Crippen LogP contribution in [0.1, 0.15) is 15.9 Å². The highest BCUT2D eigenvalue weighted by Crippen LogP contribution is 2.36. The van der Waals surface area contributed by atoms with Gasteiger partial charge in [-0.15, -0.1) is 0 Å². The number of methoxy groups -OCH3 is 2. The van der Waals surface area contributed by atoms with Gasteiger partial charge in [-0.25, -0.2) is 4.79 Å². The molecule has 0 unspecified atom stereocenters. The molecular formula is C20H19NO6. The second kappa shape index (κ2) is 7.41. The van der Waals surface area contributed by atoms with Crippen LogP contribution in [0.15, 0.2) is 42.2 Å². The summed E-state index contributed by atoms with van der Waals surface area (Å²) in [5, 5.41) is 0. The van der Waals surface area contributed by atoms with Gasteiger partial charge in [-0.05, 0) is 35.9 Å². The van der Waals surface area contributed by atoms with Gasteiger partial charge >= 0.3 is 6.09 Å². The summed E-state index contributed by atoms with van der Waals surface area (Å²) in [6.07, 6.45) is 1.11. The van der Waals surface area contributed by atoms with Crippen LogP contribution in [-0.4, -0.2) is 45.1 Å². The summed E-state index contributed by atoms with van der Waals surface area (Å²) >= 11 is 0. The van der Waals surface area contributed by atoms with Crippen molar-refractivity contribution in [3.63, 3.8) is 0 Å². The van der Waals surface area contributed by atoms with Crippen molar-refractivity contribution in [3.8, 4) is 23.0 Å². The van der Waals surface area contributed by atoms with Crippen LogP contribution in [0.3, 0.4) is 0 Å². The summed E-state index contributed by atoms with van der Waals surface area (Å²) in [5.41, 5.74) is 1.13. The molecule has 3 rings (SSSR count). The Kier molecular flexibility index (Phi) is 5.03. The van der Waals surface area contributed by atoms with Gasteiger partial charge in [-0.2, -0.15) is 0 Å². The Morgan fingerprint density at radius 2 is 1.78 bits per heavy atom. The number of fused-ring (bicyclic) bond motifs is 1. The number of nitrogens with zero attached hydrogens (tertiary/aromatic N) is 1. The maximum Gasteiger partial charge on any atom is 0.414 e. The number of allylic oxidation sites excluding steroid dienone is 1. The van der Waals surface area contributed by atoms with E-state index in [1.165, 1.54) is 11.0 Å². The molecule has 2 aromatic carbocycles. The zero-order valence-corrected chi connectivity index (χ0v) is 15.4. The standard InChI is InChI=1S/C20H19NO6/c1-21(2)20(23)26-13-6-7-14-16(11-13)27-18(19(14)22)10-12-5-8-15(24-3)17(9-12)25-4/h5-11H,1-4H3/b18-10-. The first-order valence-corrected chi connectivity index (χ1v) is 8.12. The molecule has 2 aromatic rings. The minimum Gasteiger partial charge on any atom is -0.493 e. The molecule has 0 saturated carbocycles. The van der Waals surface area contributed by atoms with E-state index in [9.17, 15) is 9.59 Å². The number of ether oxygens (including phenoxy) is 4. The largest absolute Gasteiger partial charge is 0.493 e. The Morgan fingerprint density at radius 1 is 1.04 bits per heavy atom. The van der Waals surface area contributed by atoms with Crippen LogP contribution in [0.4, 0.5) is 4.79 Å². The van der Waals surface area contributed by atoms with Gasteiger partial charge < -0.3 is 23.8 Å². The maximum atomic E-state index is 12.6. The number of hydrogen-bond acceptors (Lipinski definition) is 6. The van der Waals surface area contributed by atoms with E-state index in [1.807, 2.05) is 0 Å². The van der Waals surface area contributed by atoms with Crippen LogP contribution in [0.25, 0.3) is 6.08 Å². The van der Waals surface area contributed by atoms with Gasteiger partial charge in [-0.3, -0.25) is 4.79 Å². The molecule has 1 heterocycles. The van der Waals surface area contributed by atoms with Crippen molar-refractivity contribution in [2.45, 2.75) is 0 Å². The number of ketones is 1. The Hall–Kier alpha value is -3.48. The Morgan fingerprint density at radius 3 is 2.44 bits per heavy atom. The Bertz CT molecular complexity index is 932. The molecule has 0 saturated heterocycles. The fraction of sp³-hybridized carbons (Fsp3) is 0.200. The van der Waals surface area contributed by atoms with Crippen LogP contribution < -0.4 is 18.9 Å². The van der Waals surface area contributed by atoms with Crippen LogP contribution >= 0.6 is 0 Å². The van der Waals surface area contributed by atoms with Gasteiger partial charge in [0.1, 0.15) is 11.5 Å². The van der Waals surface area contributed by atoms with E-state index < -0.39 is 6.09 Å². The van der Waals surface area contributed by atoms with E-state index >= 15 is 0 Å². The average Bonchev–Trinajstić information content (AvgIpc) is 2.96. The van der Waals surface area contributed by atoms with Gasteiger partial charge in [0.15, 0.2) is 17.3 Å². The first-order chi connectivity index (χ1) is 12.9. The Balaban J connectivity index is 1.86. The molecule has 1 aliphatic rings. The van der Waals surface area contributed by atoms with Gasteiger partial charge in [0.25, 0.3) is 0 Å². The van der Waals surface area contributed by atoms with Gasteiger partial charge in [0.2, 0.25) is 5.78 Å². The molecule has 27 heavy (non-hydrogen) atoms. The van der Waals surface area contributed by atoms with Crippen LogP contribution in [0.5, 0.6) is 23.0 Å². The molecule has 0 aromatic heterocycles. The first-order valence-electron chi connectivity index (χ1n) is 8.12. The number of rotatable bonds is 4. The molecule has 7 nitrogen and oxygen atoms in total. The zero-order chi connectivity index (χ0) is 19.6. The molecule has 0 aliphatic carbocycles. The van der Waals surface area contributed by atoms with Gasteiger partial charge in [-0.1, -0.05) is 6.07 Å². The predicted octanol–water partition coefficient (Wildman–Crippen LogP) is 3.38. The van der Waals surface area contributed by atoms with E-state index in [2.05, 4.69) is 0 Å². The third-order valence-corrected chi connectivity index (χ3v) is 3.92. The number of carbonyl (C=O) groups excluding carboxylic acids is 2. The highest BCUT2D eigenvalue weighted by atomic mass is 16.6. The molecule has 0 radical (unpaired) electrons. The number of amides is 1. The lowest BCUT2D eigenvalue weighted by Crippen LogP contribution is -2.25. The smallest absolute Gasteiger partial charge is 0.414 e. The molecule has 0 N–H and O–H groups in total. The van der Waals surface area contributed by atoms with Crippen molar-refractivity contribution in [1.29, 1.82) is 0 Å². The topological polar surface area (TPSA) is 74.3 Å². The first kappa shape index (κ1) is 18.3. The monoisotopic (exact) mass is 369 g/mol. The lowest BCUT2D eigenvalue weighted by molar-refractivity contribution is 0.101. The third-order valence-electron chi connectivity index (χ3n) is 3.92. The summed E-state index contributed by atoms with van der Waals surface area (Å²) in [4.78, 5) is 25.5. The molecule has 1 amide bonds. The minimum atomic E-state index is -0.514. The van der Waals surface area contributed by atoms with E-state index in [-0.39, 0.29) is 11.5 Å². The van der Waals surface area contributed by atoms with Crippen LogP contribution in [-0.2, 0) is 0 Å². The fourth-order valence-corrected chi connectivity index (χ4v) is 2.52. The summed E-state index contributed by atoms with van der Waals surface area (Å²) in [5.74, 6) is 1.71. The van der Waals surface area contributed by atoms with Crippen LogP contribution in [0, 0.1) is 0 Å². The molecule has 7 heteroatoms.